The minimum Gasteiger partial charge on any atom is -0.347 e. The summed E-state index contributed by atoms with van der Waals surface area (Å²) in [5, 5.41) is 6.09. The first-order valence-electron chi connectivity index (χ1n) is 8.92. The number of aryl methyl sites for hydroxylation is 2. The zero-order valence-corrected chi connectivity index (χ0v) is 14.1. The first-order chi connectivity index (χ1) is 12.2. The molecule has 0 aliphatic carbocycles. The number of nitrogens with one attached hydrogen (secondary N) is 2. The number of hydrogen-bond acceptors (Lipinski definition) is 3. The number of piperidine rings is 1. The smallest absolute Gasteiger partial charge is 0.271 e. The molecule has 25 heavy (non-hydrogen) atoms. The predicted octanol–water partition coefficient (Wildman–Crippen LogP) is 1.97. The third kappa shape index (κ3) is 3.29. The van der Waals surface area contributed by atoms with Gasteiger partial charge in [0.05, 0.1) is 12.1 Å². The standard InChI is InChI=1S/C19H22N4O2/c24-17-10-9-14(18(22-17)13-6-2-1-3-7-13)21-19(25)15-12-23-11-5-4-8-16(23)20-15/h1-3,6-7,12,14,18H,4-5,8-11H2,(H,21,25)(H,22,24)/t14-,18+/m1/s1. The fourth-order valence-electron chi connectivity index (χ4n) is 3.70. The van der Waals surface area contributed by atoms with Crippen LogP contribution in [-0.2, 0) is 17.8 Å². The van der Waals surface area contributed by atoms with Crippen molar-refractivity contribution in [1.29, 1.82) is 0 Å². The van der Waals surface area contributed by atoms with E-state index in [0.29, 0.717) is 18.5 Å². The number of benzene rings is 1. The fraction of sp³-hybridized carbons (Fsp3) is 0.421. The number of carbonyl (C=O) groups is 2. The molecule has 0 unspecified atom stereocenters. The number of nitrogens with zero attached hydrogens (tertiary/aromatic N) is 2. The maximum atomic E-state index is 12.7. The number of amides is 2. The summed E-state index contributed by atoms with van der Waals surface area (Å²) in [4.78, 5) is 29.0. The van der Waals surface area contributed by atoms with E-state index in [1.165, 1.54) is 0 Å². The molecule has 3 heterocycles. The average Bonchev–Trinajstić information content (AvgIpc) is 3.08. The number of imidazole rings is 1. The van der Waals surface area contributed by atoms with Crippen LogP contribution in [0.2, 0.25) is 0 Å². The Labute approximate surface area is 146 Å². The molecule has 1 saturated heterocycles. The van der Waals surface area contributed by atoms with Crippen LogP contribution in [0.4, 0.5) is 0 Å². The van der Waals surface area contributed by atoms with Gasteiger partial charge in [0, 0.05) is 25.6 Å². The topological polar surface area (TPSA) is 76.0 Å². The van der Waals surface area contributed by atoms with Crippen molar-refractivity contribution in [3.63, 3.8) is 0 Å². The predicted molar refractivity (Wildman–Crippen MR) is 93.0 cm³/mol. The molecule has 0 radical (unpaired) electrons. The van der Waals surface area contributed by atoms with Crippen molar-refractivity contribution in [2.24, 2.45) is 0 Å². The lowest BCUT2D eigenvalue weighted by atomic mass is 9.92. The van der Waals surface area contributed by atoms with Gasteiger partial charge in [-0.2, -0.15) is 0 Å². The Kier molecular flexibility index (Phi) is 4.26. The molecular weight excluding hydrogens is 316 g/mol. The molecule has 6 nitrogen and oxygen atoms in total. The molecular formula is C19H22N4O2. The van der Waals surface area contributed by atoms with Gasteiger partial charge in [-0.1, -0.05) is 30.3 Å². The van der Waals surface area contributed by atoms with Crippen LogP contribution in [0.15, 0.2) is 36.5 Å². The largest absolute Gasteiger partial charge is 0.347 e. The molecule has 0 saturated carbocycles. The lowest BCUT2D eigenvalue weighted by Crippen LogP contribution is -2.50. The van der Waals surface area contributed by atoms with Crippen molar-refractivity contribution in [1.82, 2.24) is 20.2 Å². The Hall–Kier alpha value is -2.63. The van der Waals surface area contributed by atoms with Crippen LogP contribution in [0.5, 0.6) is 0 Å². The first-order valence-corrected chi connectivity index (χ1v) is 8.92. The van der Waals surface area contributed by atoms with E-state index < -0.39 is 0 Å². The van der Waals surface area contributed by atoms with E-state index in [4.69, 9.17) is 0 Å². The summed E-state index contributed by atoms with van der Waals surface area (Å²) in [5.41, 5.74) is 1.48. The highest BCUT2D eigenvalue weighted by molar-refractivity contribution is 5.92. The number of aromatic nitrogens is 2. The van der Waals surface area contributed by atoms with E-state index >= 15 is 0 Å². The van der Waals surface area contributed by atoms with Gasteiger partial charge in [-0.3, -0.25) is 9.59 Å². The summed E-state index contributed by atoms with van der Waals surface area (Å²) in [5.74, 6) is 0.855. The zero-order valence-electron chi connectivity index (χ0n) is 14.1. The molecule has 2 N–H and O–H groups in total. The van der Waals surface area contributed by atoms with Crippen molar-refractivity contribution < 1.29 is 9.59 Å². The maximum absolute atomic E-state index is 12.7. The van der Waals surface area contributed by atoms with Gasteiger partial charge in [0.2, 0.25) is 5.91 Å². The van der Waals surface area contributed by atoms with Gasteiger partial charge < -0.3 is 15.2 Å². The Morgan fingerprint density at radius 2 is 2.04 bits per heavy atom. The van der Waals surface area contributed by atoms with Gasteiger partial charge >= 0.3 is 0 Å². The quantitative estimate of drug-likeness (QED) is 0.898. The Morgan fingerprint density at radius 3 is 2.84 bits per heavy atom. The SMILES string of the molecule is O=C1CC[C@@H](NC(=O)c2cn3c(n2)CCCC3)[C@H](c2ccccc2)N1. The van der Waals surface area contributed by atoms with Crippen molar-refractivity contribution in [3.8, 4) is 0 Å². The van der Waals surface area contributed by atoms with Crippen molar-refractivity contribution in [3.05, 3.63) is 53.6 Å². The Balaban J connectivity index is 1.52. The summed E-state index contributed by atoms with van der Waals surface area (Å²) >= 11 is 0. The highest BCUT2D eigenvalue weighted by Gasteiger charge is 2.31. The summed E-state index contributed by atoms with van der Waals surface area (Å²) < 4.78 is 2.08. The molecule has 2 amide bonds. The van der Waals surface area contributed by atoms with E-state index in [9.17, 15) is 9.59 Å². The van der Waals surface area contributed by atoms with Crippen molar-refractivity contribution in [2.45, 2.75) is 50.7 Å². The summed E-state index contributed by atoms with van der Waals surface area (Å²) in [6.07, 6.45) is 6.10. The van der Waals surface area contributed by atoms with Crippen LogP contribution in [-0.4, -0.2) is 27.4 Å². The van der Waals surface area contributed by atoms with E-state index in [2.05, 4.69) is 20.2 Å². The molecule has 1 aromatic carbocycles. The molecule has 2 aliphatic heterocycles. The Bertz CT molecular complexity index is 760. The third-order valence-electron chi connectivity index (χ3n) is 5.02. The molecule has 0 bridgehead atoms. The molecule has 1 fully saturated rings. The summed E-state index contributed by atoms with van der Waals surface area (Å²) in [6.45, 7) is 0.932. The molecule has 4 rings (SSSR count). The molecule has 2 aromatic rings. The zero-order chi connectivity index (χ0) is 17.2. The second kappa shape index (κ2) is 6.70. The molecule has 6 heteroatoms. The van der Waals surface area contributed by atoms with Crippen molar-refractivity contribution >= 4 is 11.8 Å². The first kappa shape index (κ1) is 15.9. The normalized spacial score (nSPS) is 22.8. The Morgan fingerprint density at radius 1 is 1.20 bits per heavy atom. The van der Waals surface area contributed by atoms with Gasteiger partial charge in [-0.05, 0) is 24.8 Å². The molecule has 2 aliphatic rings. The van der Waals surface area contributed by atoms with E-state index in [0.717, 1.165) is 37.2 Å². The van der Waals surface area contributed by atoms with Crippen LogP contribution >= 0.6 is 0 Å². The van der Waals surface area contributed by atoms with Crippen LogP contribution in [0, 0.1) is 0 Å². The number of fused-ring (bicyclic) bond motifs is 1. The second-order valence-electron chi connectivity index (χ2n) is 6.77. The minimum atomic E-state index is -0.205. The summed E-state index contributed by atoms with van der Waals surface area (Å²) in [7, 11) is 0. The highest BCUT2D eigenvalue weighted by Crippen LogP contribution is 2.24. The van der Waals surface area contributed by atoms with E-state index in [-0.39, 0.29) is 23.9 Å². The summed E-state index contributed by atoms with van der Waals surface area (Å²) in [6, 6.07) is 9.44. The lowest BCUT2D eigenvalue weighted by molar-refractivity contribution is -0.123. The van der Waals surface area contributed by atoms with Crippen LogP contribution in [0.25, 0.3) is 0 Å². The number of hydrogen-bond donors (Lipinski definition) is 2. The van der Waals surface area contributed by atoms with Gasteiger partial charge in [0.25, 0.3) is 5.91 Å². The number of rotatable bonds is 3. The second-order valence-corrected chi connectivity index (χ2v) is 6.77. The van der Waals surface area contributed by atoms with Gasteiger partial charge in [0.1, 0.15) is 11.5 Å². The van der Waals surface area contributed by atoms with Gasteiger partial charge in [-0.25, -0.2) is 4.98 Å². The lowest BCUT2D eigenvalue weighted by Gasteiger charge is -2.33. The van der Waals surface area contributed by atoms with Crippen LogP contribution in [0.1, 0.15) is 53.6 Å². The molecule has 1 aromatic heterocycles. The highest BCUT2D eigenvalue weighted by atomic mass is 16.2. The minimum absolute atomic E-state index is 0.0248. The monoisotopic (exact) mass is 338 g/mol. The maximum Gasteiger partial charge on any atom is 0.271 e. The fourth-order valence-corrected chi connectivity index (χ4v) is 3.70. The third-order valence-corrected chi connectivity index (χ3v) is 5.02. The number of carbonyl (C=O) groups excluding carboxylic acids is 2. The van der Waals surface area contributed by atoms with Gasteiger partial charge in [-0.15, -0.1) is 0 Å². The van der Waals surface area contributed by atoms with Gasteiger partial charge in [0.15, 0.2) is 0 Å². The molecule has 0 spiro atoms. The van der Waals surface area contributed by atoms with Crippen molar-refractivity contribution in [2.75, 3.05) is 0 Å². The van der Waals surface area contributed by atoms with Crippen LogP contribution in [0.3, 0.4) is 0 Å². The van der Waals surface area contributed by atoms with Crippen LogP contribution < -0.4 is 10.6 Å². The molecule has 130 valence electrons. The molecule has 2 atom stereocenters. The average molecular weight is 338 g/mol. The van der Waals surface area contributed by atoms with E-state index in [1.54, 1.807) is 0 Å². The van der Waals surface area contributed by atoms with E-state index in [1.807, 2.05) is 36.5 Å².